The van der Waals surface area contributed by atoms with Crippen molar-refractivity contribution >= 4 is 19.9 Å². The van der Waals surface area contributed by atoms with Crippen LogP contribution in [0.1, 0.15) is 53.4 Å². The summed E-state index contributed by atoms with van der Waals surface area (Å²) >= 11 is 0. The van der Waals surface area contributed by atoms with Gasteiger partial charge in [-0.05, 0) is 81.4 Å². The number of hydrogen-bond donors (Lipinski definition) is 1. The third-order valence-corrected chi connectivity index (χ3v) is 13.7. The van der Waals surface area contributed by atoms with Crippen molar-refractivity contribution in [2.45, 2.75) is 96.3 Å². The fourth-order valence-corrected chi connectivity index (χ4v) is 6.66. The van der Waals surface area contributed by atoms with Gasteiger partial charge in [0, 0.05) is 39.1 Å². The van der Waals surface area contributed by atoms with Gasteiger partial charge in [-0.15, -0.1) is 13.2 Å². The van der Waals surface area contributed by atoms with Gasteiger partial charge >= 0.3 is 6.36 Å². The number of likely N-dealkylation sites (tertiary alicyclic amines) is 1. The maximum Gasteiger partial charge on any atom is 0.573 e. The molecule has 2 unspecified atom stereocenters. The average Bonchev–Trinajstić information content (AvgIpc) is 3.68. The molecule has 0 aromatic heterocycles. The van der Waals surface area contributed by atoms with Crippen molar-refractivity contribution in [3.05, 3.63) is 24.0 Å². The van der Waals surface area contributed by atoms with Crippen molar-refractivity contribution in [2.75, 3.05) is 52.3 Å². The lowest BCUT2D eigenvalue weighted by Crippen LogP contribution is -2.53. The van der Waals surface area contributed by atoms with Gasteiger partial charge in [0.15, 0.2) is 26.2 Å². The fraction of sp³-hybridized carbons (Fsp3) is 0.767. The van der Waals surface area contributed by atoms with Crippen LogP contribution in [0.25, 0.3) is 0 Å². The number of nitrogens with zero attached hydrogens (tertiary/aromatic N) is 2. The second kappa shape index (κ2) is 14.0. The van der Waals surface area contributed by atoms with Crippen LogP contribution in [0.4, 0.5) is 23.2 Å². The highest BCUT2D eigenvalue weighted by Gasteiger charge is 2.54. The smallest absolute Gasteiger partial charge is 0.412 e. The molecule has 1 aliphatic carbocycles. The van der Waals surface area contributed by atoms with E-state index < -0.39 is 38.6 Å². The number of alkyl halides is 3. The van der Waals surface area contributed by atoms with Gasteiger partial charge in [0.2, 0.25) is 5.91 Å². The molecule has 13 heteroatoms. The third kappa shape index (κ3) is 9.78. The molecule has 0 bridgehead atoms. The van der Waals surface area contributed by atoms with Gasteiger partial charge in [-0.3, -0.25) is 4.79 Å². The van der Waals surface area contributed by atoms with Crippen LogP contribution >= 0.6 is 0 Å². The average molecular weight is 636 g/mol. The van der Waals surface area contributed by atoms with E-state index in [1.54, 1.807) is 11.8 Å². The first-order valence-corrected chi connectivity index (χ1v) is 17.9. The van der Waals surface area contributed by atoms with Gasteiger partial charge in [-0.1, -0.05) is 20.8 Å². The minimum Gasteiger partial charge on any atom is -0.412 e. The highest BCUT2D eigenvalue weighted by Crippen LogP contribution is 2.56. The summed E-state index contributed by atoms with van der Waals surface area (Å²) in [6.45, 7) is 16.3. The number of methoxy groups -OCH3 is 2. The minimum absolute atomic E-state index is 0.117. The Labute approximate surface area is 254 Å². The summed E-state index contributed by atoms with van der Waals surface area (Å²) in [4.78, 5) is 17.6. The van der Waals surface area contributed by atoms with Gasteiger partial charge in [0.1, 0.15) is 6.04 Å². The molecule has 8 nitrogen and oxygen atoms in total. The van der Waals surface area contributed by atoms with Gasteiger partial charge in [0.05, 0.1) is 12.6 Å². The molecule has 1 aromatic carbocycles. The molecule has 0 radical (unpaired) electrons. The lowest BCUT2D eigenvalue weighted by Gasteiger charge is -2.46. The van der Waals surface area contributed by atoms with E-state index >= 15 is 0 Å². The van der Waals surface area contributed by atoms with E-state index in [1.807, 2.05) is 0 Å². The predicted octanol–water partition coefficient (Wildman–Crippen LogP) is 6.24. The first kappa shape index (κ1) is 35.5. The van der Waals surface area contributed by atoms with Crippen LogP contribution in [0, 0.1) is 11.2 Å². The SMILES string of the molecule is COC(CN(CCCN1CCC2(CC2)C(O[Si](C)(C)C(C)(C)C)C1)C(=O)C(C)Nc1ccc(F)c(OC(F)(F)F)c1)OC. The summed E-state index contributed by atoms with van der Waals surface area (Å²) in [6.07, 6.45) is -1.21. The standard InChI is InChI=1S/C30H49F4N3O5Si/c1-21(35-22-10-11-23(31)24(18-22)41-30(32,33)34)27(38)37(20-26(39-5)40-6)16-9-15-36-17-14-29(12-13-29)25(19-36)42-43(7,8)28(2,3)4/h10-11,18,21,25-26,35H,9,12-17,19-20H2,1-8H3. The van der Waals surface area contributed by atoms with Crippen molar-refractivity contribution in [3.8, 4) is 5.75 Å². The number of anilines is 1. The zero-order valence-electron chi connectivity index (χ0n) is 26.8. The normalized spacial score (nSPS) is 19.9. The number of hydrogen-bond acceptors (Lipinski definition) is 7. The van der Waals surface area contributed by atoms with E-state index in [0.717, 1.165) is 38.2 Å². The van der Waals surface area contributed by atoms with Gasteiger partial charge < -0.3 is 33.8 Å². The van der Waals surface area contributed by atoms with E-state index in [1.165, 1.54) is 33.1 Å². The number of piperidine rings is 1. The number of rotatable bonds is 14. The van der Waals surface area contributed by atoms with Gasteiger partial charge in [-0.25, -0.2) is 4.39 Å². The minimum atomic E-state index is -5.04. The molecule has 246 valence electrons. The Kier molecular flexibility index (Phi) is 11.6. The molecule has 1 amide bonds. The van der Waals surface area contributed by atoms with E-state index in [4.69, 9.17) is 13.9 Å². The van der Waals surface area contributed by atoms with Crippen LogP contribution in [0.2, 0.25) is 18.1 Å². The zero-order chi connectivity index (χ0) is 32.2. The highest BCUT2D eigenvalue weighted by molar-refractivity contribution is 6.74. The van der Waals surface area contributed by atoms with E-state index in [2.05, 4.69) is 48.8 Å². The number of ether oxygens (including phenoxy) is 3. The Hall–Kier alpha value is -1.93. The van der Waals surface area contributed by atoms with Crippen molar-refractivity contribution < 1.29 is 41.0 Å². The zero-order valence-corrected chi connectivity index (χ0v) is 27.8. The van der Waals surface area contributed by atoms with E-state index in [0.29, 0.717) is 18.4 Å². The van der Waals surface area contributed by atoms with Crippen molar-refractivity contribution in [3.63, 3.8) is 0 Å². The van der Waals surface area contributed by atoms with E-state index in [9.17, 15) is 22.4 Å². The van der Waals surface area contributed by atoms with Crippen LogP contribution in [0.15, 0.2) is 18.2 Å². The topological polar surface area (TPSA) is 72.5 Å². The molecule has 3 rings (SSSR count). The van der Waals surface area contributed by atoms with Crippen LogP contribution in [0.3, 0.4) is 0 Å². The number of benzene rings is 1. The van der Waals surface area contributed by atoms with Crippen molar-refractivity contribution in [1.29, 1.82) is 0 Å². The second-order valence-corrected chi connectivity index (χ2v) is 18.1. The number of nitrogens with one attached hydrogen (secondary N) is 1. The van der Waals surface area contributed by atoms with Gasteiger partial charge in [0.25, 0.3) is 0 Å². The Morgan fingerprint density at radius 2 is 1.81 bits per heavy atom. The Morgan fingerprint density at radius 3 is 2.37 bits per heavy atom. The molecular weight excluding hydrogens is 586 g/mol. The summed E-state index contributed by atoms with van der Waals surface area (Å²) in [5.41, 5.74) is 0.427. The first-order valence-electron chi connectivity index (χ1n) is 15.0. The first-order chi connectivity index (χ1) is 19.9. The monoisotopic (exact) mass is 635 g/mol. The quantitative estimate of drug-likeness (QED) is 0.148. The highest BCUT2D eigenvalue weighted by atomic mass is 28.4. The molecule has 1 heterocycles. The molecule has 1 aromatic rings. The molecule has 1 spiro atoms. The molecule has 2 fully saturated rings. The molecule has 2 aliphatic rings. The van der Waals surface area contributed by atoms with Gasteiger partial charge in [-0.2, -0.15) is 0 Å². The number of carbonyl (C=O) groups is 1. The Balaban J connectivity index is 1.63. The summed E-state index contributed by atoms with van der Waals surface area (Å²) in [6, 6.07) is 2.17. The van der Waals surface area contributed by atoms with Crippen LogP contribution < -0.4 is 10.1 Å². The van der Waals surface area contributed by atoms with E-state index in [-0.39, 0.29) is 29.3 Å². The third-order valence-electron chi connectivity index (χ3n) is 9.19. The summed E-state index contributed by atoms with van der Waals surface area (Å²) < 4.78 is 73.3. The lowest BCUT2D eigenvalue weighted by molar-refractivity contribution is -0.275. The van der Waals surface area contributed by atoms with Crippen LogP contribution in [0.5, 0.6) is 5.75 Å². The maximum atomic E-state index is 13.9. The molecule has 2 atom stereocenters. The fourth-order valence-electron chi connectivity index (χ4n) is 5.28. The molecular formula is C30H49F4N3O5Si. The summed E-state index contributed by atoms with van der Waals surface area (Å²) in [5, 5.41) is 3.01. The molecule has 1 N–H and O–H groups in total. The number of amides is 1. The van der Waals surface area contributed by atoms with Crippen LogP contribution in [-0.2, 0) is 18.7 Å². The molecule has 43 heavy (non-hydrogen) atoms. The molecule has 1 aliphatic heterocycles. The summed E-state index contributed by atoms with van der Waals surface area (Å²) in [7, 11) is 1.05. The summed E-state index contributed by atoms with van der Waals surface area (Å²) in [5.74, 6) is -2.43. The predicted molar refractivity (Wildman–Crippen MR) is 160 cm³/mol. The molecule has 1 saturated heterocycles. The largest absolute Gasteiger partial charge is 0.573 e. The Bertz CT molecular complexity index is 1080. The van der Waals surface area contributed by atoms with Crippen LogP contribution in [-0.4, -0.2) is 95.8 Å². The number of carbonyl (C=O) groups excluding carboxylic acids is 1. The molecule has 1 saturated carbocycles. The van der Waals surface area contributed by atoms with Crippen molar-refractivity contribution in [2.24, 2.45) is 5.41 Å². The lowest BCUT2D eigenvalue weighted by atomic mass is 9.90. The van der Waals surface area contributed by atoms with Crippen molar-refractivity contribution in [1.82, 2.24) is 9.80 Å². The maximum absolute atomic E-state index is 13.9. The second-order valence-electron chi connectivity index (χ2n) is 13.4. The number of halogens is 4. The Morgan fingerprint density at radius 1 is 1.16 bits per heavy atom.